The van der Waals surface area contributed by atoms with Gasteiger partial charge in [-0.15, -0.1) is 0 Å². The molecule has 18 heavy (non-hydrogen) atoms. The van der Waals surface area contributed by atoms with Gasteiger partial charge in [0.15, 0.2) is 5.75 Å². The summed E-state index contributed by atoms with van der Waals surface area (Å²) in [4.78, 5) is 12.0. The fraction of sp³-hybridized carbons (Fsp3) is 0.500. The van der Waals surface area contributed by atoms with E-state index in [4.69, 9.17) is 10.5 Å². The van der Waals surface area contributed by atoms with Crippen LogP contribution < -0.4 is 15.8 Å². The summed E-state index contributed by atoms with van der Waals surface area (Å²) < 4.78 is 5.16. The van der Waals surface area contributed by atoms with Gasteiger partial charge in [-0.1, -0.05) is 26.8 Å². The van der Waals surface area contributed by atoms with E-state index in [1.165, 1.54) is 7.11 Å². The zero-order valence-corrected chi connectivity index (χ0v) is 11.5. The summed E-state index contributed by atoms with van der Waals surface area (Å²) in [5.41, 5.74) is 6.92. The second-order valence-electron chi connectivity index (χ2n) is 5.49. The summed E-state index contributed by atoms with van der Waals surface area (Å²) in [5.74, 6) is 0.286. The van der Waals surface area contributed by atoms with Crippen molar-refractivity contribution in [1.29, 1.82) is 0 Å². The van der Waals surface area contributed by atoms with Gasteiger partial charge in [0.05, 0.1) is 18.4 Å². The van der Waals surface area contributed by atoms with Crippen LogP contribution in [0.2, 0.25) is 0 Å². The summed E-state index contributed by atoms with van der Waals surface area (Å²) >= 11 is 0. The van der Waals surface area contributed by atoms with Gasteiger partial charge < -0.3 is 15.8 Å². The van der Waals surface area contributed by atoms with E-state index in [1.54, 1.807) is 18.2 Å². The smallest absolute Gasteiger partial charge is 0.255 e. The number of nitrogen functional groups attached to an aromatic ring is 1. The minimum atomic E-state index is -0.150. The van der Waals surface area contributed by atoms with Gasteiger partial charge in [0, 0.05) is 6.54 Å². The lowest BCUT2D eigenvalue weighted by atomic mass is 9.92. The standard InChI is InChI=1S/C14H22N2O2/c1-14(2,3)8-9-16-13(17)10-6-5-7-11(15)12(10)18-4/h5-7H,8-9,15H2,1-4H3,(H,16,17). The molecule has 0 aliphatic rings. The summed E-state index contributed by atoms with van der Waals surface area (Å²) in [6, 6.07) is 5.17. The molecule has 0 saturated carbocycles. The first-order valence-corrected chi connectivity index (χ1v) is 6.06. The van der Waals surface area contributed by atoms with Crippen LogP contribution in [0.15, 0.2) is 18.2 Å². The maximum absolute atomic E-state index is 12.0. The van der Waals surface area contributed by atoms with Crippen molar-refractivity contribution in [3.05, 3.63) is 23.8 Å². The van der Waals surface area contributed by atoms with Crippen LogP contribution >= 0.6 is 0 Å². The lowest BCUT2D eigenvalue weighted by Gasteiger charge is -2.18. The van der Waals surface area contributed by atoms with Crippen molar-refractivity contribution in [2.45, 2.75) is 27.2 Å². The maximum Gasteiger partial charge on any atom is 0.255 e. The summed E-state index contributed by atoms with van der Waals surface area (Å²) in [5, 5.41) is 2.88. The third-order valence-electron chi connectivity index (χ3n) is 2.65. The monoisotopic (exact) mass is 250 g/mol. The average molecular weight is 250 g/mol. The second kappa shape index (κ2) is 5.76. The van der Waals surface area contributed by atoms with Crippen molar-refractivity contribution in [3.63, 3.8) is 0 Å². The number of amides is 1. The summed E-state index contributed by atoms with van der Waals surface area (Å²) in [6.45, 7) is 7.06. The molecule has 1 rings (SSSR count). The molecule has 0 spiro atoms. The molecule has 1 amide bonds. The van der Waals surface area contributed by atoms with Crippen LogP contribution in [0.5, 0.6) is 5.75 Å². The first-order chi connectivity index (χ1) is 8.35. The fourth-order valence-electron chi connectivity index (χ4n) is 1.61. The van der Waals surface area contributed by atoms with E-state index in [1.807, 2.05) is 0 Å². The first-order valence-electron chi connectivity index (χ1n) is 6.06. The van der Waals surface area contributed by atoms with Gasteiger partial charge in [0.25, 0.3) is 5.91 Å². The number of para-hydroxylation sites is 1. The van der Waals surface area contributed by atoms with Gasteiger partial charge in [-0.2, -0.15) is 0 Å². The first kappa shape index (κ1) is 14.4. The summed E-state index contributed by atoms with van der Waals surface area (Å²) in [6.07, 6.45) is 0.920. The zero-order valence-electron chi connectivity index (χ0n) is 11.5. The highest BCUT2D eigenvalue weighted by atomic mass is 16.5. The highest BCUT2D eigenvalue weighted by Crippen LogP contribution is 2.25. The van der Waals surface area contributed by atoms with Gasteiger partial charge in [0.1, 0.15) is 0 Å². The number of hydrogen-bond acceptors (Lipinski definition) is 3. The molecule has 3 N–H and O–H groups in total. The van der Waals surface area contributed by atoms with Gasteiger partial charge in [-0.25, -0.2) is 0 Å². The molecule has 4 nitrogen and oxygen atoms in total. The normalized spacial score (nSPS) is 11.1. The van der Waals surface area contributed by atoms with Crippen LogP contribution in [0.4, 0.5) is 5.69 Å². The highest BCUT2D eigenvalue weighted by Gasteiger charge is 2.15. The molecule has 0 aliphatic heterocycles. The Balaban J connectivity index is 2.70. The molecule has 0 atom stereocenters. The Labute approximate surface area is 109 Å². The lowest BCUT2D eigenvalue weighted by Crippen LogP contribution is -2.27. The topological polar surface area (TPSA) is 64.3 Å². The number of nitrogens with one attached hydrogen (secondary N) is 1. The average Bonchev–Trinajstić information content (AvgIpc) is 2.26. The molecule has 0 fully saturated rings. The third kappa shape index (κ3) is 3.95. The predicted octanol–water partition coefficient (Wildman–Crippen LogP) is 2.44. The molecule has 0 aromatic heterocycles. The van der Waals surface area contributed by atoms with Crippen molar-refractivity contribution >= 4 is 11.6 Å². The van der Waals surface area contributed by atoms with Crippen LogP contribution in [0.1, 0.15) is 37.6 Å². The molecule has 0 unspecified atom stereocenters. The van der Waals surface area contributed by atoms with Crippen LogP contribution in [-0.2, 0) is 0 Å². The Morgan fingerprint density at radius 3 is 2.61 bits per heavy atom. The molecular weight excluding hydrogens is 228 g/mol. The largest absolute Gasteiger partial charge is 0.494 e. The SMILES string of the molecule is COc1c(N)cccc1C(=O)NCCC(C)(C)C. The third-order valence-corrected chi connectivity index (χ3v) is 2.65. The van der Waals surface area contributed by atoms with Crippen LogP contribution in [-0.4, -0.2) is 19.6 Å². The Morgan fingerprint density at radius 1 is 1.39 bits per heavy atom. The van der Waals surface area contributed by atoms with Crippen molar-refractivity contribution in [2.24, 2.45) is 5.41 Å². The Morgan fingerprint density at radius 2 is 2.06 bits per heavy atom. The molecule has 0 bridgehead atoms. The van der Waals surface area contributed by atoms with Gasteiger partial charge in [-0.05, 0) is 24.0 Å². The number of methoxy groups -OCH3 is 1. The number of hydrogen-bond donors (Lipinski definition) is 2. The van der Waals surface area contributed by atoms with Crippen molar-refractivity contribution in [3.8, 4) is 5.75 Å². The lowest BCUT2D eigenvalue weighted by molar-refractivity contribution is 0.0946. The zero-order chi connectivity index (χ0) is 13.8. The number of anilines is 1. The van der Waals surface area contributed by atoms with E-state index < -0.39 is 0 Å². The molecule has 0 heterocycles. The van der Waals surface area contributed by atoms with E-state index in [0.717, 1.165) is 6.42 Å². The van der Waals surface area contributed by atoms with Gasteiger partial charge in [0.2, 0.25) is 0 Å². The van der Waals surface area contributed by atoms with Crippen LogP contribution in [0.3, 0.4) is 0 Å². The molecular formula is C14H22N2O2. The fourth-order valence-corrected chi connectivity index (χ4v) is 1.61. The molecule has 4 heteroatoms. The number of rotatable bonds is 4. The van der Waals surface area contributed by atoms with Crippen molar-refractivity contribution in [1.82, 2.24) is 5.32 Å². The van der Waals surface area contributed by atoms with E-state index in [0.29, 0.717) is 23.5 Å². The minimum absolute atomic E-state index is 0.150. The van der Waals surface area contributed by atoms with Crippen molar-refractivity contribution in [2.75, 3.05) is 19.4 Å². The Bertz CT molecular complexity index is 422. The van der Waals surface area contributed by atoms with Crippen LogP contribution in [0.25, 0.3) is 0 Å². The number of benzene rings is 1. The van der Waals surface area contributed by atoms with Crippen LogP contribution in [0, 0.1) is 5.41 Å². The van der Waals surface area contributed by atoms with E-state index >= 15 is 0 Å². The number of carbonyl (C=O) groups is 1. The number of carbonyl (C=O) groups excluding carboxylic acids is 1. The molecule has 100 valence electrons. The molecule has 1 aromatic rings. The maximum atomic E-state index is 12.0. The molecule has 1 aromatic carbocycles. The molecule has 0 radical (unpaired) electrons. The summed E-state index contributed by atoms with van der Waals surface area (Å²) in [7, 11) is 1.51. The number of ether oxygens (including phenoxy) is 1. The molecule has 0 saturated heterocycles. The van der Waals surface area contributed by atoms with Crippen molar-refractivity contribution < 1.29 is 9.53 Å². The van der Waals surface area contributed by atoms with Gasteiger partial charge in [-0.3, -0.25) is 4.79 Å². The van der Waals surface area contributed by atoms with E-state index in [-0.39, 0.29) is 11.3 Å². The number of nitrogens with two attached hydrogens (primary N) is 1. The van der Waals surface area contributed by atoms with E-state index in [9.17, 15) is 4.79 Å². The highest BCUT2D eigenvalue weighted by molar-refractivity contribution is 5.98. The predicted molar refractivity (Wildman–Crippen MR) is 73.8 cm³/mol. The quantitative estimate of drug-likeness (QED) is 0.807. The van der Waals surface area contributed by atoms with Gasteiger partial charge >= 0.3 is 0 Å². The van der Waals surface area contributed by atoms with E-state index in [2.05, 4.69) is 26.1 Å². The minimum Gasteiger partial charge on any atom is -0.494 e. The Kier molecular flexibility index (Phi) is 4.59. The molecule has 0 aliphatic carbocycles. The Hall–Kier alpha value is -1.71. The second-order valence-corrected chi connectivity index (χ2v) is 5.49.